The number of nitrogens with one attached hydrogen (secondary N) is 1. The number of H-pyrrole nitrogens is 1. The molecule has 1 aromatic carbocycles. The van der Waals surface area contributed by atoms with Gasteiger partial charge in [-0.3, -0.25) is 9.78 Å². The average molecular weight is 234 g/mol. The molecule has 0 saturated carbocycles. The number of fused-ring (bicyclic) bond motifs is 4. The van der Waals surface area contributed by atoms with Crippen LogP contribution in [0.5, 0.6) is 0 Å². The summed E-state index contributed by atoms with van der Waals surface area (Å²) >= 11 is 0. The number of carbonyl (C=O) groups is 1. The molecule has 1 N–H and O–H groups in total. The molecule has 18 heavy (non-hydrogen) atoms. The number of benzene rings is 1. The van der Waals surface area contributed by atoms with Crippen LogP contribution < -0.4 is 0 Å². The van der Waals surface area contributed by atoms with Crippen molar-refractivity contribution >= 4 is 16.7 Å². The van der Waals surface area contributed by atoms with Crippen molar-refractivity contribution in [3.8, 4) is 0 Å². The van der Waals surface area contributed by atoms with Gasteiger partial charge in [-0.15, -0.1) is 0 Å². The van der Waals surface area contributed by atoms with Crippen LogP contribution in [0.4, 0.5) is 0 Å². The van der Waals surface area contributed by atoms with Crippen LogP contribution in [0.3, 0.4) is 0 Å². The lowest BCUT2D eigenvalue weighted by Gasteiger charge is -2.14. The topological polar surface area (TPSA) is 45.8 Å². The van der Waals surface area contributed by atoms with E-state index >= 15 is 0 Å². The van der Waals surface area contributed by atoms with Gasteiger partial charge in [0.25, 0.3) is 0 Å². The van der Waals surface area contributed by atoms with Crippen LogP contribution in [0.2, 0.25) is 0 Å². The van der Waals surface area contributed by atoms with Gasteiger partial charge in [-0.2, -0.15) is 0 Å². The largest absolute Gasteiger partial charge is 0.357 e. The molecule has 2 aromatic heterocycles. The van der Waals surface area contributed by atoms with Crippen LogP contribution in [0.1, 0.15) is 27.2 Å². The monoisotopic (exact) mass is 234 g/mol. The molecular weight excluding hydrogens is 224 g/mol. The fourth-order valence-electron chi connectivity index (χ4n) is 2.70. The van der Waals surface area contributed by atoms with Crippen molar-refractivity contribution in [2.24, 2.45) is 0 Å². The zero-order chi connectivity index (χ0) is 12.1. The van der Waals surface area contributed by atoms with Gasteiger partial charge < -0.3 is 4.98 Å². The van der Waals surface area contributed by atoms with Crippen LogP contribution in [0, 0.1) is 0 Å². The zero-order valence-corrected chi connectivity index (χ0v) is 9.60. The Kier molecular flexibility index (Phi) is 1.75. The minimum atomic E-state index is 0.103. The Morgan fingerprint density at radius 2 is 2.06 bits per heavy atom. The Balaban J connectivity index is 2.06. The summed E-state index contributed by atoms with van der Waals surface area (Å²) in [6.45, 7) is 0. The van der Waals surface area contributed by atoms with Gasteiger partial charge in [0, 0.05) is 41.0 Å². The van der Waals surface area contributed by atoms with E-state index in [0.717, 1.165) is 39.7 Å². The van der Waals surface area contributed by atoms with Crippen molar-refractivity contribution < 1.29 is 4.79 Å². The number of hydrogen-bond donors (Lipinski definition) is 1. The number of para-hydroxylation sites is 1. The van der Waals surface area contributed by atoms with E-state index in [2.05, 4.69) is 9.97 Å². The highest BCUT2D eigenvalue weighted by Crippen LogP contribution is 2.31. The SMILES string of the molecule is O=C1c2ccncc2Cc2[nH]c3ccccc3c21. The average Bonchev–Trinajstić information content (AvgIpc) is 2.77. The van der Waals surface area contributed by atoms with Crippen molar-refractivity contribution in [1.82, 2.24) is 9.97 Å². The first-order valence-electron chi connectivity index (χ1n) is 5.92. The summed E-state index contributed by atoms with van der Waals surface area (Å²) in [5.41, 5.74) is 4.63. The smallest absolute Gasteiger partial charge is 0.195 e. The maximum Gasteiger partial charge on any atom is 0.195 e. The van der Waals surface area contributed by atoms with E-state index in [-0.39, 0.29) is 5.78 Å². The van der Waals surface area contributed by atoms with Gasteiger partial charge in [0.1, 0.15) is 0 Å². The minimum absolute atomic E-state index is 0.103. The standard InChI is InChI=1S/C15H10N2O/c18-15-10-5-6-16-8-9(10)7-13-14(15)11-3-1-2-4-12(11)17-13/h1-6,8,17H,7H2. The molecule has 1 aliphatic rings. The fourth-order valence-corrected chi connectivity index (χ4v) is 2.70. The summed E-state index contributed by atoms with van der Waals surface area (Å²) in [4.78, 5) is 20.0. The molecule has 3 aromatic rings. The first kappa shape index (κ1) is 9.59. The number of nitrogens with zero attached hydrogens (tertiary/aromatic N) is 1. The van der Waals surface area contributed by atoms with Gasteiger partial charge in [-0.05, 0) is 17.7 Å². The lowest BCUT2D eigenvalue weighted by atomic mass is 9.89. The molecular formula is C15H10N2O. The third kappa shape index (κ3) is 1.13. The number of rotatable bonds is 0. The number of ketones is 1. The van der Waals surface area contributed by atoms with Crippen LogP contribution in [0.25, 0.3) is 10.9 Å². The second-order valence-electron chi connectivity index (χ2n) is 4.56. The molecule has 0 fully saturated rings. The zero-order valence-electron chi connectivity index (χ0n) is 9.60. The number of hydrogen-bond acceptors (Lipinski definition) is 2. The second-order valence-corrected chi connectivity index (χ2v) is 4.56. The highest BCUT2D eigenvalue weighted by molar-refractivity contribution is 6.19. The molecule has 0 saturated heterocycles. The fraction of sp³-hybridized carbons (Fsp3) is 0.0667. The van der Waals surface area contributed by atoms with Gasteiger partial charge in [-0.25, -0.2) is 0 Å². The summed E-state index contributed by atoms with van der Waals surface area (Å²) in [7, 11) is 0. The van der Waals surface area contributed by atoms with Crippen LogP contribution in [-0.4, -0.2) is 15.8 Å². The van der Waals surface area contributed by atoms with Gasteiger partial charge in [0.05, 0.1) is 5.56 Å². The van der Waals surface area contributed by atoms with Crippen molar-refractivity contribution in [2.45, 2.75) is 6.42 Å². The second kappa shape index (κ2) is 3.29. The molecule has 0 amide bonds. The predicted molar refractivity (Wildman–Crippen MR) is 68.8 cm³/mol. The molecule has 86 valence electrons. The maximum atomic E-state index is 12.5. The molecule has 4 rings (SSSR count). The molecule has 1 aliphatic carbocycles. The van der Waals surface area contributed by atoms with Crippen LogP contribution >= 0.6 is 0 Å². The summed E-state index contributed by atoms with van der Waals surface area (Å²) in [5, 5.41) is 1.01. The van der Waals surface area contributed by atoms with Crippen molar-refractivity contribution in [2.75, 3.05) is 0 Å². The van der Waals surface area contributed by atoms with Gasteiger partial charge in [-0.1, -0.05) is 18.2 Å². The molecule has 0 unspecified atom stereocenters. The van der Waals surface area contributed by atoms with Gasteiger partial charge in [0.2, 0.25) is 0 Å². The molecule has 3 nitrogen and oxygen atoms in total. The van der Waals surface area contributed by atoms with Crippen molar-refractivity contribution in [3.63, 3.8) is 0 Å². The van der Waals surface area contributed by atoms with Crippen molar-refractivity contribution in [1.29, 1.82) is 0 Å². The highest BCUT2D eigenvalue weighted by atomic mass is 16.1. The lowest BCUT2D eigenvalue weighted by molar-refractivity contribution is 0.103. The number of aromatic nitrogens is 2. The molecule has 3 heteroatoms. The first-order valence-corrected chi connectivity index (χ1v) is 5.92. The number of carbonyl (C=O) groups excluding carboxylic acids is 1. The van der Waals surface area contributed by atoms with Crippen LogP contribution in [0.15, 0.2) is 42.7 Å². The van der Waals surface area contributed by atoms with Gasteiger partial charge >= 0.3 is 0 Å². The quantitative estimate of drug-likeness (QED) is 0.508. The maximum absolute atomic E-state index is 12.5. The molecule has 0 radical (unpaired) electrons. The van der Waals surface area contributed by atoms with E-state index in [9.17, 15) is 4.79 Å². The van der Waals surface area contributed by atoms with E-state index in [1.54, 1.807) is 12.4 Å². The predicted octanol–water partition coefficient (Wildman–Crippen LogP) is 2.70. The molecule has 0 aliphatic heterocycles. The Hall–Kier alpha value is -2.42. The lowest BCUT2D eigenvalue weighted by Crippen LogP contribution is -2.14. The summed E-state index contributed by atoms with van der Waals surface area (Å²) in [5.74, 6) is 0.103. The molecule has 2 heterocycles. The normalized spacial score (nSPS) is 13.4. The molecule has 0 atom stereocenters. The summed E-state index contributed by atoms with van der Waals surface area (Å²) in [6, 6.07) is 9.75. The van der Waals surface area contributed by atoms with E-state index in [1.807, 2.05) is 30.3 Å². The first-order chi connectivity index (χ1) is 8.84. The Labute approximate surface area is 103 Å². The number of pyridine rings is 1. The van der Waals surface area contributed by atoms with E-state index in [4.69, 9.17) is 0 Å². The Morgan fingerprint density at radius 3 is 3.00 bits per heavy atom. The number of aromatic amines is 1. The summed E-state index contributed by atoms with van der Waals surface area (Å²) in [6.07, 6.45) is 4.21. The molecule has 0 spiro atoms. The van der Waals surface area contributed by atoms with Crippen molar-refractivity contribution in [3.05, 3.63) is 65.1 Å². The summed E-state index contributed by atoms with van der Waals surface area (Å²) < 4.78 is 0. The van der Waals surface area contributed by atoms with E-state index < -0.39 is 0 Å². The minimum Gasteiger partial charge on any atom is -0.357 e. The van der Waals surface area contributed by atoms with E-state index in [0.29, 0.717) is 0 Å². The third-order valence-electron chi connectivity index (χ3n) is 3.53. The van der Waals surface area contributed by atoms with E-state index in [1.165, 1.54) is 0 Å². The highest BCUT2D eigenvalue weighted by Gasteiger charge is 2.26. The van der Waals surface area contributed by atoms with Gasteiger partial charge in [0.15, 0.2) is 5.78 Å². The van der Waals surface area contributed by atoms with Crippen LogP contribution in [-0.2, 0) is 6.42 Å². The third-order valence-corrected chi connectivity index (χ3v) is 3.53. The Bertz CT molecular complexity index is 786. The molecule has 0 bridgehead atoms. The Morgan fingerprint density at radius 1 is 1.17 bits per heavy atom.